The maximum Gasteiger partial charge on any atom is 0.124 e. The van der Waals surface area contributed by atoms with Gasteiger partial charge in [0.25, 0.3) is 0 Å². The second-order valence-electron chi connectivity index (χ2n) is 4.94. The smallest absolute Gasteiger partial charge is 0.124 e. The number of rotatable bonds is 3. The summed E-state index contributed by atoms with van der Waals surface area (Å²) in [5.74, 6) is 0.845. The van der Waals surface area contributed by atoms with Crippen molar-refractivity contribution in [2.45, 2.75) is 26.2 Å². The van der Waals surface area contributed by atoms with Gasteiger partial charge in [0.15, 0.2) is 0 Å². The first-order valence-corrected chi connectivity index (χ1v) is 6.88. The summed E-state index contributed by atoms with van der Waals surface area (Å²) in [7, 11) is 0. The topological polar surface area (TPSA) is 53.1 Å². The summed E-state index contributed by atoms with van der Waals surface area (Å²) < 4.78 is 0. The van der Waals surface area contributed by atoms with Gasteiger partial charge in [0.2, 0.25) is 0 Å². The molecular formula is C14H20ClN3. The van der Waals surface area contributed by atoms with Crippen molar-refractivity contribution in [3.05, 3.63) is 28.8 Å². The minimum Gasteiger partial charge on any atom is -0.384 e. The van der Waals surface area contributed by atoms with Crippen LogP contribution in [0.1, 0.15) is 31.7 Å². The summed E-state index contributed by atoms with van der Waals surface area (Å²) in [6.07, 6.45) is 3.69. The van der Waals surface area contributed by atoms with Crippen molar-refractivity contribution >= 4 is 23.1 Å². The van der Waals surface area contributed by atoms with Gasteiger partial charge in [-0.1, -0.05) is 24.9 Å². The number of nitrogens with zero attached hydrogens (tertiary/aromatic N) is 1. The first-order chi connectivity index (χ1) is 8.61. The van der Waals surface area contributed by atoms with Crippen molar-refractivity contribution in [2.75, 3.05) is 18.0 Å². The Morgan fingerprint density at radius 1 is 1.56 bits per heavy atom. The Labute approximate surface area is 113 Å². The fourth-order valence-electron chi connectivity index (χ4n) is 2.61. The van der Waals surface area contributed by atoms with E-state index in [2.05, 4.69) is 11.8 Å². The third kappa shape index (κ3) is 2.78. The lowest BCUT2D eigenvalue weighted by molar-refractivity contribution is 0.404. The number of anilines is 1. The molecule has 1 atom stereocenters. The average molecular weight is 266 g/mol. The van der Waals surface area contributed by atoms with Crippen LogP contribution in [0.3, 0.4) is 0 Å². The van der Waals surface area contributed by atoms with Crippen LogP contribution in [-0.2, 0) is 0 Å². The van der Waals surface area contributed by atoms with Gasteiger partial charge in [-0.25, -0.2) is 0 Å². The first kappa shape index (κ1) is 13.2. The highest BCUT2D eigenvalue weighted by Gasteiger charge is 2.21. The molecule has 1 fully saturated rings. The van der Waals surface area contributed by atoms with E-state index in [-0.39, 0.29) is 5.84 Å². The van der Waals surface area contributed by atoms with Crippen LogP contribution >= 0.6 is 11.6 Å². The standard InChI is InChI=1S/C14H20ClN3/c1-2-10-4-3-7-18(9-10)13-8-11(15)5-6-12(13)14(16)17/h5-6,8,10H,2-4,7,9H2,1H3,(H3,16,17). The monoisotopic (exact) mass is 265 g/mol. The van der Waals surface area contributed by atoms with E-state index >= 15 is 0 Å². The van der Waals surface area contributed by atoms with Gasteiger partial charge in [0, 0.05) is 29.4 Å². The number of benzene rings is 1. The summed E-state index contributed by atoms with van der Waals surface area (Å²) in [5, 5.41) is 8.37. The van der Waals surface area contributed by atoms with Crippen LogP contribution in [0.2, 0.25) is 5.02 Å². The van der Waals surface area contributed by atoms with Crippen molar-refractivity contribution < 1.29 is 0 Å². The SMILES string of the molecule is CCC1CCCN(c2cc(Cl)ccc2C(=N)N)C1. The minimum absolute atomic E-state index is 0.111. The van der Waals surface area contributed by atoms with Gasteiger partial charge >= 0.3 is 0 Å². The molecule has 4 heteroatoms. The average Bonchev–Trinajstić information content (AvgIpc) is 2.38. The van der Waals surface area contributed by atoms with E-state index in [1.165, 1.54) is 19.3 Å². The predicted octanol–water partition coefficient (Wildman–Crippen LogP) is 3.25. The van der Waals surface area contributed by atoms with Crippen molar-refractivity contribution in [3.63, 3.8) is 0 Å². The van der Waals surface area contributed by atoms with Crippen molar-refractivity contribution in [1.82, 2.24) is 0 Å². The molecule has 18 heavy (non-hydrogen) atoms. The molecule has 3 N–H and O–H groups in total. The van der Waals surface area contributed by atoms with Crippen molar-refractivity contribution in [1.29, 1.82) is 5.41 Å². The molecule has 0 spiro atoms. The third-order valence-corrected chi connectivity index (χ3v) is 3.92. The molecule has 0 saturated carbocycles. The van der Waals surface area contributed by atoms with E-state index in [0.717, 1.165) is 30.3 Å². The number of nitrogens with two attached hydrogens (primary N) is 1. The molecule has 98 valence electrons. The molecular weight excluding hydrogens is 246 g/mol. The van der Waals surface area contributed by atoms with Gasteiger partial charge in [0.1, 0.15) is 5.84 Å². The largest absolute Gasteiger partial charge is 0.384 e. The van der Waals surface area contributed by atoms with E-state index in [9.17, 15) is 0 Å². The molecule has 1 aliphatic rings. The number of halogens is 1. The minimum atomic E-state index is 0.111. The van der Waals surface area contributed by atoms with E-state index in [0.29, 0.717) is 5.02 Å². The Morgan fingerprint density at radius 3 is 3.00 bits per heavy atom. The van der Waals surface area contributed by atoms with Crippen molar-refractivity contribution in [2.24, 2.45) is 11.7 Å². The number of amidine groups is 1. The zero-order chi connectivity index (χ0) is 13.1. The van der Waals surface area contributed by atoms with E-state index in [1.54, 1.807) is 6.07 Å². The molecule has 2 rings (SSSR count). The lowest BCUT2D eigenvalue weighted by Crippen LogP contribution is -2.36. The predicted molar refractivity (Wildman–Crippen MR) is 77.7 cm³/mol. The fourth-order valence-corrected chi connectivity index (χ4v) is 2.78. The number of hydrogen-bond donors (Lipinski definition) is 2. The maximum atomic E-state index is 7.67. The van der Waals surface area contributed by atoms with E-state index in [1.807, 2.05) is 12.1 Å². The van der Waals surface area contributed by atoms with Gasteiger partial charge in [0.05, 0.1) is 0 Å². The number of nitrogens with one attached hydrogen (secondary N) is 1. The summed E-state index contributed by atoms with van der Waals surface area (Å²) >= 11 is 6.07. The summed E-state index contributed by atoms with van der Waals surface area (Å²) in [6, 6.07) is 5.56. The lowest BCUT2D eigenvalue weighted by Gasteiger charge is -2.35. The Bertz CT molecular complexity index is 445. The van der Waals surface area contributed by atoms with Gasteiger partial charge in [-0.2, -0.15) is 0 Å². The fraction of sp³-hybridized carbons (Fsp3) is 0.500. The molecule has 1 aromatic rings. The van der Waals surface area contributed by atoms with E-state index in [4.69, 9.17) is 22.7 Å². The van der Waals surface area contributed by atoms with Gasteiger partial charge in [-0.15, -0.1) is 0 Å². The van der Waals surface area contributed by atoms with Crippen LogP contribution in [0.15, 0.2) is 18.2 Å². The highest BCUT2D eigenvalue weighted by molar-refractivity contribution is 6.31. The van der Waals surface area contributed by atoms with Crippen LogP contribution in [0.5, 0.6) is 0 Å². The van der Waals surface area contributed by atoms with Crippen molar-refractivity contribution in [3.8, 4) is 0 Å². The quantitative estimate of drug-likeness (QED) is 0.651. The van der Waals surface area contributed by atoms with Crippen LogP contribution in [0.25, 0.3) is 0 Å². The first-order valence-electron chi connectivity index (χ1n) is 6.50. The van der Waals surface area contributed by atoms with Crippen LogP contribution in [0, 0.1) is 11.3 Å². The Hall–Kier alpha value is -1.22. The molecule has 0 bridgehead atoms. The summed E-state index contributed by atoms with van der Waals surface area (Å²) in [4.78, 5) is 2.32. The molecule has 0 aliphatic carbocycles. The van der Waals surface area contributed by atoms with Crippen LogP contribution in [0.4, 0.5) is 5.69 Å². The molecule has 1 unspecified atom stereocenters. The molecule has 0 amide bonds. The molecule has 0 radical (unpaired) electrons. The summed E-state index contributed by atoms with van der Waals surface area (Å²) in [5.41, 5.74) is 7.45. The molecule has 1 aliphatic heterocycles. The third-order valence-electron chi connectivity index (χ3n) is 3.69. The van der Waals surface area contributed by atoms with Crippen LogP contribution in [-0.4, -0.2) is 18.9 Å². The second-order valence-corrected chi connectivity index (χ2v) is 5.37. The maximum absolute atomic E-state index is 7.67. The second kappa shape index (κ2) is 5.61. The summed E-state index contributed by atoms with van der Waals surface area (Å²) in [6.45, 7) is 4.30. The highest BCUT2D eigenvalue weighted by atomic mass is 35.5. The molecule has 0 aromatic heterocycles. The molecule has 1 saturated heterocycles. The molecule has 1 aromatic carbocycles. The van der Waals surface area contributed by atoms with E-state index < -0.39 is 0 Å². The van der Waals surface area contributed by atoms with Gasteiger partial charge in [-0.3, -0.25) is 5.41 Å². The number of piperidine rings is 1. The molecule has 1 heterocycles. The zero-order valence-corrected chi connectivity index (χ0v) is 11.5. The Morgan fingerprint density at radius 2 is 2.33 bits per heavy atom. The number of nitrogen functional groups attached to an aromatic ring is 1. The normalized spacial score (nSPS) is 19.9. The molecule has 3 nitrogen and oxygen atoms in total. The number of hydrogen-bond acceptors (Lipinski definition) is 2. The van der Waals surface area contributed by atoms with Crippen LogP contribution < -0.4 is 10.6 Å². The Balaban J connectivity index is 2.31. The zero-order valence-electron chi connectivity index (χ0n) is 10.7. The Kier molecular flexibility index (Phi) is 4.12. The highest BCUT2D eigenvalue weighted by Crippen LogP contribution is 2.29. The lowest BCUT2D eigenvalue weighted by atomic mass is 9.94. The van der Waals surface area contributed by atoms with Gasteiger partial charge < -0.3 is 10.6 Å². The van der Waals surface area contributed by atoms with Gasteiger partial charge in [-0.05, 0) is 37.0 Å².